The minimum Gasteiger partial charge on any atom is -0.372 e. The van der Waals surface area contributed by atoms with E-state index < -0.39 is 39.9 Å². The largest absolute Gasteiger partial charge is 0.372 e. The van der Waals surface area contributed by atoms with Crippen LogP contribution < -0.4 is 4.72 Å². The van der Waals surface area contributed by atoms with E-state index in [2.05, 4.69) is 0 Å². The molecule has 1 amide bonds. The lowest BCUT2D eigenvalue weighted by molar-refractivity contribution is -0.0989. The third-order valence-corrected chi connectivity index (χ3v) is 5.63. The topological polar surface area (TPSA) is 84.9 Å². The van der Waals surface area contributed by atoms with Crippen LogP contribution in [0.5, 0.6) is 0 Å². The summed E-state index contributed by atoms with van der Waals surface area (Å²) in [7, 11) is -3.35. The molecule has 1 N–H and O–H groups in total. The van der Waals surface area contributed by atoms with Crippen molar-refractivity contribution in [2.24, 2.45) is 0 Å². The first kappa shape index (κ1) is 20.3. The van der Waals surface area contributed by atoms with Crippen molar-refractivity contribution in [3.8, 4) is 0 Å². The summed E-state index contributed by atoms with van der Waals surface area (Å²) in [4.78, 5) is 17.2. The second kappa shape index (κ2) is 8.31. The number of ether oxygens (including phenoxy) is 1. The maximum atomic E-state index is 14.2. The molecule has 0 radical (unpaired) electrons. The van der Waals surface area contributed by atoms with Gasteiger partial charge in [0.1, 0.15) is 6.10 Å². The SMILES string of the molecule is CON(C1CCOC1c1cccc(F)c1F)S(=O)(=O)NC(=O)c1ccccc1. The predicted octanol–water partition coefficient (Wildman–Crippen LogP) is 2.33. The van der Waals surface area contributed by atoms with Gasteiger partial charge in [-0.2, -0.15) is 8.42 Å². The van der Waals surface area contributed by atoms with E-state index in [1.165, 1.54) is 24.3 Å². The van der Waals surface area contributed by atoms with E-state index in [9.17, 15) is 22.0 Å². The zero-order valence-electron chi connectivity index (χ0n) is 14.8. The molecule has 2 atom stereocenters. The van der Waals surface area contributed by atoms with Crippen molar-refractivity contribution in [1.82, 2.24) is 9.19 Å². The fraction of sp³-hybridized carbons (Fsp3) is 0.278. The van der Waals surface area contributed by atoms with Crippen molar-refractivity contribution in [3.63, 3.8) is 0 Å². The number of nitrogens with zero attached hydrogens (tertiary/aromatic N) is 1. The molecule has 0 saturated carbocycles. The molecule has 3 rings (SSSR count). The molecular formula is C18H18F2N2O5S. The van der Waals surface area contributed by atoms with Crippen LogP contribution in [0, 0.1) is 11.6 Å². The lowest BCUT2D eigenvalue weighted by atomic mass is 10.0. The molecule has 150 valence electrons. The summed E-state index contributed by atoms with van der Waals surface area (Å²) in [6.07, 6.45) is -0.936. The highest BCUT2D eigenvalue weighted by Crippen LogP contribution is 2.35. The Kier molecular flexibility index (Phi) is 6.04. The quantitative estimate of drug-likeness (QED) is 0.737. The Bertz CT molecular complexity index is 956. The van der Waals surface area contributed by atoms with Gasteiger partial charge < -0.3 is 4.74 Å². The molecule has 0 spiro atoms. The summed E-state index contributed by atoms with van der Waals surface area (Å²) in [5, 5.41) is 0. The summed E-state index contributed by atoms with van der Waals surface area (Å²) in [6, 6.07) is 10.3. The Labute approximate surface area is 161 Å². The van der Waals surface area contributed by atoms with E-state index in [1.807, 2.05) is 4.72 Å². The van der Waals surface area contributed by atoms with Gasteiger partial charge in [0.2, 0.25) is 0 Å². The highest BCUT2D eigenvalue weighted by atomic mass is 32.2. The Morgan fingerprint density at radius 2 is 1.89 bits per heavy atom. The van der Waals surface area contributed by atoms with E-state index in [4.69, 9.17) is 9.57 Å². The van der Waals surface area contributed by atoms with Gasteiger partial charge >= 0.3 is 10.2 Å². The molecule has 2 unspecified atom stereocenters. The fourth-order valence-electron chi connectivity index (χ4n) is 3.05. The third kappa shape index (κ3) is 4.04. The molecule has 1 aliphatic rings. The lowest BCUT2D eigenvalue weighted by Crippen LogP contribution is -2.48. The molecule has 1 fully saturated rings. The minimum absolute atomic E-state index is 0.104. The number of carbonyl (C=O) groups excluding carboxylic acids is 1. The minimum atomic E-state index is -4.45. The Morgan fingerprint density at radius 3 is 2.57 bits per heavy atom. The number of halogens is 2. The zero-order valence-corrected chi connectivity index (χ0v) is 15.7. The van der Waals surface area contributed by atoms with Crippen LogP contribution in [0.25, 0.3) is 0 Å². The number of hydrogen-bond donors (Lipinski definition) is 1. The van der Waals surface area contributed by atoms with Gasteiger partial charge in [0.15, 0.2) is 11.6 Å². The van der Waals surface area contributed by atoms with Crippen LogP contribution in [0.2, 0.25) is 0 Å². The molecule has 1 heterocycles. The fourth-order valence-corrected chi connectivity index (χ4v) is 4.26. The van der Waals surface area contributed by atoms with Crippen LogP contribution in [-0.2, 0) is 19.8 Å². The van der Waals surface area contributed by atoms with Crippen molar-refractivity contribution in [2.75, 3.05) is 13.7 Å². The maximum absolute atomic E-state index is 14.2. The first-order chi connectivity index (χ1) is 13.3. The average molecular weight is 412 g/mol. The first-order valence-electron chi connectivity index (χ1n) is 8.36. The third-order valence-electron chi connectivity index (χ3n) is 4.29. The number of benzene rings is 2. The highest BCUT2D eigenvalue weighted by Gasteiger charge is 2.43. The van der Waals surface area contributed by atoms with Gasteiger partial charge in [-0.1, -0.05) is 34.8 Å². The molecule has 2 aromatic rings. The monoisotopic (exact) mass is 412 g/mol. The van der Waals surface area contributed by atoms with Crippen LogP contribution in [0.3, 0.4) is 0 Å². The van der Waals surface area contributed by atoms with E-state index in [-0.39, 0.29) is 24.2 Å². The van der Waals surface area contributed by atoms with Gasteiger partial charge in [-0.3, -0.25) is 9.63 Å². The molecule has 10 heteroatoms. The zero-order chi connectivity index (χ0) is 20.3. The molecule has 1 aliphatic heterocycles. The van der Waals surface area contributed by atoms with Gasteiger partial charge in [0, 0.05) is 17.7 Å². The molecular weight excluding hydrogens is 394 g/mol. The lowest BCUT2D eigenvalue weighted by Gasteiger charge is -2.29. The summed E-state index contributed by atoms with van der Waals surface area (Å²) >= 11 is 0. The van der Waals surface area contributed by atoms with Crippen molar-refractivity contribution in [1.29, 1.82) is 0 Å². The standard InChI is InChI=1S/C18H18F2N2O5S/c1-26-22(28(24,25)21-18(23)12-6-3-2-4-7-12)15-10-11-27-17(15)13-8-5-9-14(19)16(13)20/h2-9,15,17H,10-11H2,1H3,(H,21,23). The number of amides is 1. The summed E-state index contributed by atoms with van der Waals surface area (Å²) in [5.41, 5.74) is 0.00617. The molecule has 0 aliphatic carbocycles. The van der Waals surface area contributed by atoms with Crippen LogP contribution >= 0.6 is 0 Å². The number of hydroxylamine groups is 1. The predicted molar refractivity (Wildman–Crippen MR) is 95.1 cm³/mol. The highest BCUT2D eigenvalue weighted by molar-refractivity contribution is 7.87. The Hall–Kier alpha value is -2.40. The van der Waals surface area contributed by atoms with Gasteiger partial charge in [-0.15, -0.1) is 0 Å². The van der Waals surface area contributed by atoms with Crippen molar-refractivity contribution < 1.29 is 31.6 Å². The van der Waals surface area contributed by atoms with Crippen molar-refractivity contribution in [3.05, 3.63) is 71.3 Å². The average Bonchev–Trinajstić information content (AvgIpc) is 3.13. The maximum Gasteiger partial charge on any atom is 0.326 e. The van der Waals surface area contributed by atoms with E-state index in [0.717, 1.165) is 13.2 Å². The van der Waals surface area contributed by atoms with Crippen LogP contribution in [0.15, 0.2) is 48.5 Å². The molecule has 1 saturated heterocycles. The number of carbonyl (C=O) groups is 1. The van der Waals surface area contributed by atoms with E-state index in [0.29, 0.717) is 4.47 Å². The number of rotatable bonds is 6. The summed E-state index contributed by atoms with van der Waals surface area (Å²) < 4.78 is 61.1. The summed E-state index contributed by atoms with van der Waals surface area (Å²) in [6.45, 7) is 0.104. The van der Waals surface area contributed by atoms with Crippen LogP contribution in [0.4, 0.5) is 8.78 Å². The summed E-state index contributed by atoms with van der Waals surface area (Å²) in [5.74, 6) is -3.05. The van der Waals surface area contributed by atoms with Gasteiger partial charge in [-0.25, -0.2) is 13.5 Å². The Morgan fingerprint density at radius 1 is 1.18 bits per heavy atom. The number of nitrogens with one attached hydrogen (secondary N) is 1. The second-order valence-corrected chi connectivity index (χ2v) is 7.54. The van der Waals surface area contributed by atoms with Gasteiger partial charge in [-0.05, 0) is 24.6 Å². The smallest absolute Gasteiger partial charge is 0.326 e. The van der Waals surface area contributed by atoms with Gasteiger partial charge in [0.05, 0.1) is 13.2 Å². The van der Waals surface area contributed by atoms with Crippen LogP contribution in [-0.4, -0.2) is 38.6 Å². The second-order valence-electron chi connectivity index (χ2n) is 6.03. The van der Waals surface area contributed by atoms with Crippen molar-refractivity contribution in [2.45, 2.75) is 18.6 Å². The van der Waals surface area contributed by atoms with E-state index in [1.54, 1.807) is 18.2 Å². The van der Waals surface area contributed by atoms with Gasteiger partial charge in [0.25, 0.3) is 5.91 Å². The first-order valence-corrected chi connectivity index (χ1v) is 9.80. The molecule has 28 heavy (non-hydrogen) atoms. The normalized spacial score (nSPS) is 19.7. The Balaban J connectivity index is 1.86. The number of hydrogen-bond acceptors (Lipinski definition) is 5. The van der Waals surface area contributed by atoms with E-state index >= 15 is 0 Å². The molecule has 7 nitrogen and oxygen atoms in total. The van der Waals surface area contributed by atoms with Crippen LogP contribution in [0.1, 0.15) is 28.4 Å². The molecule has 0 bridgehead atoms. The van der Waals surface area contributed by atoms with Crippen molar-refractivity contribution >= 4 is 16.1 Å². The molecule has 2 aromatic carbocycles. The molecule has 0 aromatic heterocycles.